The molecule has 0 radical (unpaired) electrons. The highest BCUT2D eigenvalue weighted by molar-refractivity contribution is 8.12. The molecule has 0 saturated heterocycles. The lowest BCUT2D eigenvalue weighted by Crippen LogP contribution is -2.44. The summed E-state index contributed by atoms with van der Waals surface area (Å²) in [6, 6.07) is 0. The maximum absolute atomic E-state index is 12.4. The minimum absolute atomic E-state index is 0.0515. The molecule has 12 heteroatoms. The third kappa shape index (κ3) is 2.98. The summed E-state index contributed by atoms with van der Waals surface area (Å²) in [6.45, 7) is 0. The average Bonchev–Trinajstić information content (AvgIpc) is 2.87. The zero-order valence-electron chi connectivity index (χ0n) is 11.7. The Balaban J connectivity index is 2.51. The molecule has 0 saturated carbocycles. The first-order valence-electron chi connectivity index (χ1n) is 5.74. The van der Waals surface area contributed by atoms with Crippen molar-refractivity contribution in [2.75, 3.05) is 26.4 Å². The first kappa shape index (κ1) is 16.0. The van der Waals surface area contributed by atoms with Crippen molar-refractivity contribution in [3.63, 3.8) is 0 Å². The number of ether oxygens (including phenoxy) is 1. The van der Waals surface area contributed by atoms with Gasteiger partial charge in [0.05, 0.1) is 11.8 Å². The Morgan fingerprint density at radius 1 is 1.57 bits per heavy atom. The number of nitrogens with zero attached hydrogens (tertiary/aromatic N) is 5. The van der Waals surface area contributed by atoms with Crippen LogP contribution in [-0.2, 0) is 20.1 Å². The van der Waals surface area contributed by atoms with Gasteiger partial charge < -0.3 is 4.74 Å². The van der Waals surface area contributed by atoms with Crippen LogP contribution in [0.2, 0.25) is 0 Å². The SMILES string of the molecule is CNS(C)(=O)(O)c1ncn2c(=O)n(CSCOC)nnc12. The Labute approximate surface area is 124 Å². The van der Waals surface area contributed by atoms with E-state index in [0.717, 1.165) is 21.7 Å². The van der Waals surface area contributed by atoms with Crippen LogP contribution in [0.1, 0.15) is 0 Å². The van der Waals surface area contributed by atoms with Crippen LogP contribution in [-0.4, -0.2) is 59.5 Å². The van der Waals surface area contributed by atoms with E-state index in [1.165, 1.54) is 18.8 Å². The zero-order valence-corrected chi connectivity index (χ0v) is 13.3. The summed E-state index contributed by atoms with van der Waals surface area (Å²) in [5, 5.41) is 7.36. The van der Waals surface area contributed by atoms with Gasteiger partial charge in [0.25, 0.3) is 0 Å². The molecule has 118 valence electrons. The van der Waals surface area contributed by atoms with Crippen molar-refractivity contribution < 1.29 is 13.5 Å². The lowest BCUT2D eigenvalue weighted by atomic mass is 10.8. The third-order valence-corrected chi connectivity index (χ3v) is 5.73. The van der Waals surface area contributed by atoms with Crippen molar-refractivity contribution in [3.05, 3.63) is 16.8 Å². The van der Waals surface area contributed by atoms with E-state index < -0.39 is 15.2 Å². The average molecular weight is 336 g/mol. The first-order valence-corrected chi connectivity index (χ1v) is 9.23. The molecule has 2 aromatic rings. The molecule has 0 aliphatic carbocycles. The minimum Gasteiger partial charge on any atom is -0.374 e. The lowest BCUT2D eigenvalue weighted by molar-refractivity contribution is 0.258. The third-order valence-electron chi connectivity index (χ3n) is 2.74. The second-order valence-corrected chi connectivity index (χ2v) is 8.61. The lowest BCUT2D eigenvalue weighted by Gasteiger charge is -2.35. The number of fused-ring (bicyclic) bond motifs is 1. The van der Waals surface area contributed by atoms with E-state index in [1.54, 1.807) is 7.11 Å². The highest BCUT2D eigenvalue weighted by Gasteiger charge is 2.29. The summed E-state index contributed by atoms with van der Waals surface area (Å²) in [5.74, 6) is 0.655. The molecule has 0 bridgehead atoms. The Kier molecular flexibility index (Phi) is 4.17. The van der Waals surface area contributed by atoms with Gasteiger partial charge >= 0.3 is 5.69 Å². The molecule has 0 aliphatic heterocycles. The molecular weight excluding hydrogens is 320 g/mol. The van der Waals surface area contributed by atoms with E-state index in [4.69, 9.17) is 4.74 Å². The molecule has 2 aromatic heterocycles. The molecule has 0 fully saturated rings. The molecule has 0 spiro atoms. The number of hydrogen-bond acceptors (Lipinski definition) is 7. The fraction of sp³-hybridized carbons (Fsp3) is 0.556. The van der Waals surface area contributed by atoms with Gasteiger partial charge in [-0.2, -0.15) is 8.89 Å². The molecule has 2 heterocycles. The fourth-order valence-corrected chi connectivity index (χ4v) is 3.17. The molecule has 0 atom stereocenters. The molecule has 0 aliphatic rings. The normalized spacial score (nSPS) is 14.2. The molecule has 2 rings (SSSR count). The Morgan fingerprint density at radius 3 is 2.90 bits per heavy atom. The summed E-state index contributed by atoms with van der Waals surface area (Å²) < 4.78 is 32.0. The summed E-state index contributed by atoms with van der Waals surface area (Å²) >= 11 is 1.33. The van der Waals surface area contributed by atoms with Crippen LogP contribution >= 0.6 is 11.8 Å². The van der Waals surface area contributed by atoms with E-state index in [9.17, 15) is 13.6 Å². The van der Waals surface area contributed by atoms with Gasteiger partial charge in [0.1, 0.15) is 6.33 Å². The van der Waals surface area contributed by atoms with Crippen molar-refractivity contribution >= 4 is 26.9 Å². The van der Waals surface area contributed by atoms with Gasteiger partial charge in [-0.05, 0) is 0 Å². The van der Waals surface area contributed by atoms with Crippen molar-refractivity contribution in [1.82, 2.24) is 29.1 Å². The standard InChI is InChI=1S/C9H16N6O4S2/c1-10-21(3,17,18)8-7-12-13-15(5-20-6-19-2)9(16)14(7)4-11-8/h4H,5-6H2,1-3H3,(H2,10,17,18). The van der Waals surface area contributed by atoms with E-state index in [2.05, 4.69) is 20.0 Å². The monoisotopic (exact) mass is 336 g/mol. The zero-order chi connectivity index (χ0) is 15.7. The number of nitrogens with one attached hydrogen (secondary N) is 1. The van der Waals surface area contributed by atoms with Crippen LogP contribution < -0.4 is 10.4 Å². The predicted octanol–water partition coefficient (Wildman–Crippen LogP) is -1.00. The topological polar surface area (TPSA) is 124 Å². The highest BCUT2D eigenvalue weighted by atomic mass is 32.3. The van der Waals surface area contributed by atoms with Crippen molar-refractivity contribution in [2.24, 2.45) is 0 Å². The van der Waals surface area contributed by atoms with Gasteiger partial charge in [0.2, 0.25) is 10.7 Å². The molecule has 21 heavy (non-hydrogen) atoms. The molecule has 0 aromatic carbocycles. The van der Waals surface area contributed by atoms with Crippen LogP contribution in [0.3, 0.4) is 0 Å². The minimum atomic E-state index is -4.36. The van der Waals surface area contributed by atoms with Crippen LogP contribution in [0.25, 0.3) is 5.65 Å². The van der Waals surface area contributed by atoms with Gasteiger partial charge in [-0.15, -0.1) is 16.9 Å². The Bertz CT molecular complexity index is 778. The van der Waals surface area contributed by atoms with Crippen LogP contribution in [0.4, 0.5) is 0 Å². The maximum Gasteiger partial charge on any atom is 0.353 e. The summed E-state index contributed by atoms with van der Waals surface area (Å²) in [5.41, 5.74) is -0.550. The van der Waals surface area contributed by atoms with Gasteiger partial charge in [-0.3, -0.25) is 4.55 Å². The van der Waals surface area contributed by atoms with Gasteiger partial charge in [-0.25, -0.2) is 18.9 Å². The molecule has 2 N–H and O–H groups in total. The largest absolute Gasteiger partial charge is 0.374 e. The van der Waals surface area contributed by atoms with E-state index >= 15 is 0 Å². The van der Waals surface area contributed by atoms with E-state index in [1.807, 2.05) is 0 Å². The Hall–Kier alpha value is -1.34. The molecule has 0 amide bonds. The van der Waals surface area contributed by atoms with Crippen molar-refractivity contribution in [1.29, 1.82) is 0 Å². The second kappa shape index (κ2) is 5.46. The molecular formula is C9H16N6O4S2. The smallest absolute Gasteiger partial charge is 0.353 e. The number of imidazole rings is 1. The van der Waals surface area contributed by atoms with Crippen LogP contribution in [0, 0.1) is 0 Å². The number of thioether (sulfide) groups is 1. The fourth-order valence-electron chi connectivity index (χ4n) is 1.54. The quantitative estimate of drug-likeness (QED) is 0.508. The van der Waals surface area contributed by atoms with E-state index in [-0.39, 0.29) is 16.5 Å². The molecule has 0 unspecified atom stereocenters. The number of aromatic nitrogens is 5. The van der Waals surface area contributed by atoms with Gasteiger partial charge in [-0.1, -0.05) is 14.7 Å². The van der Waals surface area contributed by atoms with Crippen LogP contribution in [0.5, 0.6) is 0 Å². The highest BCUT2D eigenvalue weighted by Crippen LogP contribution is 2.25. The molecule has 10 nitrogen and oxygen atoms in total. The van der Waals surface area contributed by atoms with Crippen molar-refractivity contribution in [3.8, 4) is 0 Å². The first-order chi connectivity index (χ1) is 9.78. The summed E-state index contributed by atoms with van der Waals surface area (Å²) in [6.07, 6.45) is 2.26. The van der Waals surface area contributed by atoms with E-state index in [0.29, 0.717) is 5.94 Å². The Morgan fingerprint density at radius 2 is 2.29 bits per heavy atom. The van der Waals surface area contributed by atoms with Gasteiger partial charge in [0, 0.05) is 20.4 Å². The summed E-state index contributed by atoms with van der Waals surface area (Å²) in [7, 11) is -1.48. The maximum atomic E-state index is 12.4. The second-order valence-electron chi connectivity index (χ2n) is 4.34. The number of hydrogen-bond donors (Lipinski definition) is 2. The van der Waals surface area contributed by atoms with Crippen molar-refractivity contribution in [2.45, 2.75) is 10.9 Å². The van der Waals surface area contributed by atoms with Crippen LogP contribution in [0.15, 0.2) is 16.1 Å². The predicted molar refractivity (Wildman–Crippen MR) is 78.5 cm³/mol. The summed E-state index contributed by atoms with van der Waals surface area (Å²) in [4.78, 5) is 16.0. The number of rotatable bonds is 6. The van der Waals surface area contributed by atoms with Gasteiger partial charge in [0.15, 0.2) is 0 Å². The number of methoxy groups -OCH3 is 1.